The van der Waals surface area contributed by atoms with Gasteiger partial charge in [0, 0.05) is 18.2 Å². The summed E-state index contributed by atoms with van der Waals surface area (Å²) < 4.78 is 18.0. The highest BCUT2D eigenvalue weighted by Gasteiger charge is 2.29. The van der Waals surface area contributed by atoms with Crippen molar-refractivity contribution in [2.75, 3.05) is 0 Å². The Kier molecular flexibility index (Phi) is 6.10. The summed E-state index contributed by atoms with van der Waals surface area (Å²) in [6.45, 7) is 0. The van der Waals surface area contributed by atoms with Crippen LogP contribution in [-0.2, 0) is 0 Å². The molecule has 6 rings (SSSR count). The fourth-order valence-electron chi connectivity index (χ4n) is 4.86. The van der Waals surface area contributed by atoms with Gasteiger partial charge in [0.15, 0.2) is 5.82 Å². The molecular weight excluding hydrogens is 545 g/mol. The van der Waals surface area contributed by atoms with Gasteiger partial charge in [0.25, 0.3) is 5.91 Å². The van der Waals surface area contributed by atoms with Crippen molar-refractivity contribution in [1.82, 2.24) is 34.8 Å². The molecule has 4 aromatic heterocycles. The van der Waals surface area contributed by atoms with Crippen LogP contribution in [0.3, 0.4) is 0 Å². The maximum absolute atomic E-state index is 14.9. The number of pyridine rings is 1. The fourth-order valence-corrected chi connectivity index (χ4v) is 6.15. The molecule has 1 aliphatic carbocycles. The van der Waals surface area contributed by atoms with E-state index in [9.17, 15) is 9.18 Å². The molecule has 8 nitrogen and oxygen atoms in total. The molecule has 5 aromatic rings. The van der Waals surface area contributed by atoms with Gasteiger partial charge < -0.3 is 9.88 Å². The minimum Gasteiger partial charge on any atom is -0.349 e. The molecule has 1 aromatic carbocycles. The van der Waals surface area contributed by atoms with Crippen LogP contribution in [-0.4, -0.2) is 41.5 Å². The first-order valence-corrected chi connectivity index (χ1v) is 13.2. The van der Waals surface area contributed by atoms with Crippen molar-refractivity contribution < 1.29 is 9.18 Å². The Morgan fingerprint density at radius 2 is 1.97 bits per heavy atom. The van der Waals surface area contributed by atoms with Crippen molar-refractivity contribution in [3.05, 3.63) is 75.5 Å². The molecule has 0 saturated heterocycles. The summed E-state index contributed by atoms with van der Waals surface area (Å²) in [6.07, 6.45) is 8.28. The molecule has 1 saturated carbocycles. The third kappa shape index (κ3) is 4.33. The van der Waals surface area contributed by atoms with Crippen LogP contribution in [0.5, 0.6) is 0 Å². The number of nitrogens with one attached hydrogen (secondary N) is 1. The third-order valence-electron chi connectivity index (χ3n) is 6.44. The average Bonchev–Trinajstić information content (AvgIpc) is 3.64. The van der Waals surface area contributed by atoms with Crippen LogP contribution in [0, 0.1) is 5.82 Å². The van der Waals surface area contributed by atoms with Crippen LogP contribution in [0.1, 0.15) is 41.4 Å². The Hall–Kier alpha value is -3.44. The van der Waals surface area contributed by atoms with Gasteiger partial charge in [-0.15, -0.1) is 16.1 Å². The summed E-state index contributed by atoms with van der Waals surface area (Å²) in [6, 6.07) is 12.3. The van der Waals surface area contributed by atoms with E-state index in [1.807, 2.05) is 24.3 Å². The molecule has 1 N–H and O–H groups in total. The second-order valence-corrected chi connectivity index (χ2v) is 11.2. The van der Waals surface area contributed by atoms with Gasteiger partial charge in [-0.25, -0.2) is 14.4 Å². The number of hydrogen-bond acceptors (Lipinski definition) is 6. The molecule has 1 amide bonds. The third-order valence-corrected chi connectivity index (χ3v) is 8.07. The summed E-state index contributed by atoms with van der Waals surface area (Å²) in [4.78, 5) is 24.2. The van der Waals surface area contributed by atoms with Crippen molar-refractivity contribution >= 4 is 44.2 Å². The second-order valence-electron chi connectivity index (χ2n) is 8.73. The highest BCUT2D eigenvalue weighted by atomic mass is 79.9. The largest absolute Gasteiger partial charge is 0.349 e. The number of imidazole rings is 1. The van der Waals surface area contributed by atoms with Gasteiger partial charge in [0.2, 0.25) is 0 Å². The summed E-state index contributed by atoms with van der Waals surface area (Å²) in [5.41, 5.74) is 1.93. The number of hydrogen-bond donors (Lipinski definition) is 1. The smallest absolute Gasteiger partial charge is 0.261 e. The first kappa shape index (κ1) is 23.0. The molecule has 1 aliphatic rings. The summed E-state index contributed by atoms with van der Waals surface area (Å²) >= 11 is 4.84. The molecule has 2 atom stereocenters. The number of carbonyl (C=O) groups excluding carboxylic acids is 1. The van der Waals surface area contributed by atoms with Gasteiger partial charge in [-0.2, -0.15) is 10.2 Å². The summed E-state index contributed by atoms with van der Waals surface area (Å²) in [5, 5.41) is 11.6. The Morgan fingerprint density at radius 1 is 1.14 bits per heavy atom. The van der Waals surface area contributed by atoms with E-state index in [1.165, 1.54) is 22.2 Å². The zero-order valence-electron chi connectivity index (χ0n) is 19.0. The van der Waals surface area contributed by atoms with Crippen LogP contribution in [0.25, 0.3) is 28.2 Å². The van der Waals surface area contributed by atoms with E-state index < -0.39 is 0 Å². The van der Waals surface area contributed by atoms with Crippen molar-refractivity contribution in [2.24, 2.45) is 0 Å². The van der Waals surface area contributed by atoms with Crippen molar-refractivity contribution in [1.29, 1.82) is 0 Å². The first-order valence-electron chi connectivity index (χ1n) is 11.6. The predicted octanol–water partition coefficient (Wildman–Crippen LogP) is 5.56. The lowest BCUT2D eigenvalue weighted by atomic mass is 9.90. The Balaban J connectivity index is 1.40. The Morgan fingerprint density at radius 3 is 2.75 bits per heavy atom. The Bertz CT molecular complexity index is 1550. The maximum Gasteiger partial charge on any atom is 0.261 e. The van der Waals surface area contributed by atoms with Gasteiger partial charge in [0.1, 0.15) is 17.2 Å². The molecule has 1 fully saturated rings. The topological polar surface area (TPSA) is 90.5 Å². The highest BCUT2D eigenvalue weighted by molar-refractivity contribution is 9.11. The summed E-state index contributed by atoms with van der Waals surface area (Å²) in [7, 11) is 0. The number of nitrogens with zero attached hydrogens (tertiary/aromatic N) is 6. The Labute approximate surface area is 218 Å². The van der Waals surface area contributed by atoms with Crippen LogP contribution in [0.2, 0.25) is 0 Å². The van der Waals surface area contributed by atoms with Crippen LogP contribution in [0.4, 0.5) is 4.39 Å². The zero-order valence-corrected chi connectivity index (χ0v) is 21.4. The summed E-state index contributed by atoms with van der Waals surface area (Å²) in [5.74, 6) is 0.699. The molecule has 0 spiro atoms. The highest BCUT2D eigenvalue weighted by Crippen LogP contribution is 2.37. The average molecular weight is 566 g/mol. The minimum absolute atomic E-state index is 0.00265. The molecule has 0 unspecified atom stereocenters. The number of aromatic nitrogens is 6. The maximum atomic E-state index is 14.9. The number of fused-ring (bicyclic) bond motifs is 1. The minimum atomic E-state index is -0.333. The number of benzene rings is 1. The van der Waals surface area contributed by atoms with E-state index in [0.717, 1.165) is 28.6 Å². The van der Waals surface area contributed by atoms with Gasteiger partial charge >= 0.3 is 0 Å². The second kappa shape index (κ2) is 9.55. The number of amides is 1. The van der Waals surface area contributed by atoms with E-state index >= 15 is 0 Å². The standard InChI is InChI=1S/C25H21BrFN7OS/c26-22-9-8-21(36-22)25(35)31-15-4-3-5-16(12-15)33-20-13-23(34-29-10-11-30-34)28-14-19(20)32-24(33)17-6-1-2-7-18(17)27/h1-2,6-11,13-16H,3-5,12H2,(H,31,35)/t15-,16+/m0/s1. The molecule has 4 heterocycles. The molecular formula is C25H21BrFN7OS. The van der Waals surface area contributed by atoms with E-state index in [0.29, 0.717) is 34.0 Å². The van der Waals surface area contributed by atoms with Gasteiger partial charge in [-0.1, -0.05) is 12.1 Å². The van der Waals surface area contributed by atoms with Crippen molar-refractivity contribution in [3.8, 4) is 17.2 Å². The van der Waals surface area contributed by atoms with Crippen LogP contribution in [0.15, 0.2) is 64.8 Å². The van der Waals surface area contributed by atoms with E-state index in [4.69, 9.17) is 4.98 Å². The normalized spacial score (nSPS) is 17.9. The lowest BCUT2D eigenvalue weighted by Gasteiger charge is -2.32. The first-order chi connectivity index (χ1) is 17.6. The number of halogens is 2. The number of thiophene rings is 1. The van der Waals surface area contributed by atoms with Crippen molar-refractivity contribution in [2.45, 2.75) is 37.8 Å². The van der Waals surface area contributed by atoms with Gasteiger partial charge in [0.05, 0.1) is 38.3 Å². The zero-order chi connectivity index (χ0) is 24.6. The van der Waals surface area contributed by atoms with E-state index in [1.54, 1.807) is 30.7 Å². The quantitative estimate of drug-likeness (QED) is 0.301. The van der Waals surface area contributed by atoms with Gasteiger partial charge in [-0.3, -0.25) is 4.79 Å². The molecule has 0 radical (unpaired) electrons. The van der Waals surface area contributed by atoms with Crippen molar-refractivity contribution in [3.63, 3.8) is 0 Å². The van der Waals surface area contributed by atoms with Gasteiger partial charge in [-0.05, 0) is 65.9 Å². The molecule has 182 valence electrons. The van der Waals surface area contributed by atoms with E-state index in [-0.39, 0.29) is 23.8 Å². The lowest BCUT2D eigenvalue weighted by molar-refractivity contribution is 0.0925. The fraction of sp³-hybridized carbons (Fsp3) is 0.240. The molecule has 36 heavy (non-hydrogen) atoms. The lowest BCUT2D eigenvalue weighted by Crippen LogP contribution is -2.38. The predicted molar refractivity (Wildman–Crippen MR) is 139 cm³/mol. The van der Waals surface area contributed by atoms with Crippen LogP contribution >= 0.6 is 27.3 Å². The van der Waals surface area contributed by atoms with Crippen LogP contribution < -0.4 is 5.32 Å². The molecule has 11 heteroatoms. The number of rotatable bonds is 5. The SMILES string of the molecule is O=C(N[C@H]1CCC[C@@H](n2c(-c3ccccc3F)nc3cnc(-n4nccn4)cc32)C1)c1ccc(Br)s1. The monoisotopic (exact) mass is 565 g/mol. The van der Waals surface area contributed by atoms with E-state index in [2.05, 4.69) is 41.0 Å². The molecule has 0 aliphatic heterocycles. The number of carbonyl (C=O) groups is 1. The molecule has 0 bridgehead atoms.